The highest BCUT2D eigenvalue weighted by Crippen LogP contribution is 2.23. The van der Waals surface area contributed by atoms with Crippen LogP contribution in [0.4, 0.5) is 0 Å². The molecule has 0 bridgehead atoms. The van der Waals surface area contributed by atoms with E-state index in [1.807, 2.05) is 0 Å². The van der Waals surface area contributed by atoms with Crippen molar-refractivity contribution in [2.24, 2.45) is 0 Å². The van der Waals surface area contributed by atoms with Crippen LogP contribution >= 0.6 is 23.2 Å². The van der Waals surface area contributed by atoms with Crippen molar-refractivity contribution in [1.29, 1.82) is 0 Å². The minimum absolute atomic E-state index is 0.00967. The number of hydrogen-bond acceptors (Lipinski definition) is 8. The van der Waals surface area contributed by atoms with Crippen molar-refractivity contribution in [3.63, 3.8) is 0 Å². The third-order valence-corrected chi connectivity index (χ3v) is 4.91. The Morgan fingerprint density at radius 1 is 1.30 bits per heavy atom. The Hall–Kier alpha value is -2.50. The Labute approximate surface area is 162 Å². The molecule has 0 spiro atoms. The third kappa shape index (κ3) is 3.40. The summed E-state index contributed by atoms with van der Waals surface area (Å²) in [5, 5.41) is 11.1. The molecule has 0 aliphatic heterocycles. The first kappa shape index (κ1) is 19.3. The predicted molar refractivity (Wildman–Crippen MR) is 95.5 cm³/mol. The summed E-state index contributed by atoms with van der Waals surface area (Å²) in [4.78, 5) is 25.0. The molecule has 0 atom stereocenters. The van der Waals surface area contributed by atoms with Crippen LogP contribution in [0.1, 0.15) is 17.3 Å². The van der Waals surface area contributed by atoms with Gasteiger partial charge >= 0.3 is 11.7 Å². The summed E-state index contributed by atoms with van der Waals surface area (Å²) in [6.45, 7) is 1.54. The fourth-order valence-electron chi connectivity index (χ4n) is 2.28. The first-order chi connectivity index (χ1) is 12.6. The highest BCUT2D eigenvalue weighted by atomic mass is 35.5. The lowest BCUT2D eigenvalue weighted by Crippen LogP contribution is -2.30. The molecule has 0 aliphatic rings. The van der Waals surface area contributed by atoms with Crippen LogP contribution < -0.4 is 5.69 Å². The van der Waals surface area contributed by atoms with Crippen LogP contribution in [0.25, 0.3) is 11.3 Å². The first-order valence-electron chi connectivity index (χ1n) is 7.36. The normalized spacial score (nSPS) is 11.7. The summed E-state index contributed by atoms with van der Waals surface area (Å²) in [5.74, 6) is -0.982. The van der Waals surface area contributed by atoms with Crippen molar-refractivity contribution in [2.45, 2.75) is 11.9 Å². The zero-order valence-electron chi connectivity index (χ0n) is 13.9. The number of fused-ring (bicyclic) bond motifs is 1. The average Bonchev–Trinajstić information content (AvgIpc) is 2.97. The molecule has 3 aromatic rings. The van der Waals surface area contributed by atoms with Crippen LogP contribution in [0.3, 0.4) is 0 Å². The lowest BCUT2D eigenvalue weighted by Gasteiger charge is -2.06. The van der Waals surface area contributed by atoms with Gasteiger partial charge in [0.05, 0.1) is 17.3 Å². The number of halogens is 2. The predicted octanol–water partition coefficient (Wildman–Crippen LogP) is 1.16. The number of benzene rings is 1. The Morgan fingerprint density at radius 2 is 2.00 bits per heavy atom. The van der Waals surface area contributed by atoms with Crippen LogP contribution in [-0.2, 0) is 14.6 Å². The van der Waals surface area contributed by atoms with Crippen molar-refractivity contribution in [1.82, 2.24) is 24.6 Å². The number of nitrogens with zero attached hydrogens (tertiary/aromatic N) is 5. The van der Waals surface area contributed by atoms with Gasteiger partial charge in [-0.2, -0.15) is 9.20 Å². The molecule has 10 nitrogen and oxygen atoms in total. The van der Waals surface area contributed by atoms with E-state index in [1.54, 1.807) is 6.92 Å². The molecule has 0 amide bonds. The van der Waals surface area contributed by atoms with Gasteiger partial charge in [-0.05, 0) is 25.1 Å². The number of aromatic nitrogens is 5. The van der Waals surface area contributed by atoms with Crippen LogP contribution in [0.2, 0.25) is 10.0 Å². The molecule has 0 radical (unpaired) electrons. The maximum atomic E-state index is 12.8. The van der Waals surface area contributed by atoms with E-state index in [0.29, 0.717) is 9.54 Å². The zero-order chi connectivity index (χ0) is 19.9. The van der Waals surface area contributed by atoms with Gasteiger partial charge in [-0.1, -0.05) is 28.4 Å². The Balaban J connectivity index is 2.35. The lowest BCUT2D eigenvalue weighted by atomic mass is 10.3. The summed E-state index contributed by atoms with van der Waals surface area (Å²) >= 11 is 11.9. The molecular weight excluding hydrogens is 421 g/mol. The summed E-state index contributed by atoms with van der Waals surface area (Å²) < 4.78 is 30.3. The van der Waals surface area contributed by atoms with E-state index in [1.165, 1.54) is 18.2 Å². The van der Waals surface area contributed by atoms with E-state index in [4.69, 9.17) is 27.9 Å². The van der Waals surface area contributed by atoms with Crippen LogP contribution in [-0.4, -0.2) is 51.9 Å². The Morgan fingerprint density at radius 3 is 2.59 bits per heavy atom. The number of carbonyl (C=O) groups excluding carboxylic acids is 1. The molecule has 0 saturated heterocycles. The molecule has 1 aromatic carbocycles. The lowest BCUT2D eigenvalue weighted by molar-refractivity contribution is 0.0523. The van der Waals surface area contributed by atoms with Gasteiger partial charge in [0.15, 0.2) is 14.9 Å². The Bertz CT molecular complexity index is 1230. The van der Waals surface area contributed by atoms with Crippen molar-refractivity contribution >= 4 is 44.7 Å². The highest BCUT2D eigenvalue weighted by molar-refractivity contribution is 7.90. The second kappa shape index (κ2) is 6.91. The van der Waals surface area contributed by atoms with Crippen LogP contribution in [0, 0.1) is 0 Å². The molecule has 0 aliphatic carbocycles. The fraction of sp³-hybridized carbons (Fsp3) is 0.214. The standard InChI is InChI=1S/C14H11Cl2N5O5S/c1-3-26-13(22)10-11-17-19-20(9-5-4-7(15)6-8(9)16)14(23)21(11)18-12(10)27(2,24)25/h4-6H,3H2,1-2H3. The largest absolute Gasteiger partial charge is 0.462 e. The number of esters is 1. The molecule has 13 heteroatoms. The van der Waals surface area contributed by atoms with E-state index >= 15 is 0 Å². The molecule has 0 N–H and O–H groups in total. The SMILES string of the molecule is CCOC(=O)c1c(S(C)(=O)=O)nn2c(=O)n(-c3ccc(Cl)cc3Cl)nnc12. The topological polar surface area (TPSA) is 126 Å². The summed E-state index contributed by atoms with van der Waals surface area (Å²) in [5.41, 5.74) is -1.54. The molecule has 0 saturated carbocycles. The molecule has 2 aromatic heterocycles. The van der Waals surface area contributed by atoms with Gasteiger partial charge in [0, 0.05) is 11.3 Å². The number of ether oxygens (including phenoxy) is 1. The number of hydrogen-bond donors (Lipinski definition) is 0. The van der Waals surface area contributed by atoms with E-state index in [-0.39, 0.29) is 23.0 Å². The van der Waals surface area contributed by atoms with Gasteiger partial charge in [0.25, 0.3) is 0 Å². The van der Waals surface area contributed by atoms with E-state index < -0.39 is 32.1 Å². The minimum Gasteiger partial charge on any atom is -0.462 e. The van der Waals surface area contributed by atoms with E-state index in [9.17, 15) is 18.0 Å². The second-order valence-corrected chi connectivity index (χ2v) is 8.06. The summed E-state index contributed by atoms with van der Waals surface area (Å²) in [6, 6.07) is 4.31. The molecule has 27 heavy (non-hydrogen) atoms. The maximum absolute atomic E-state index is 12.8. The second-order valence-electron chi connectivity index (χ2n) is 5.29. The summed E-state index contributed by atoms with van der Waals surface area (Å²) in [7, 11) is -3.96. The minimum atomic E-state index is -3.96. The Kier molecular flexibility index (Phi) is 4.93. The maximum Gasteiger partial charge on any atom is 0.373 e. The van der Waals surface area contributed by atoms with Crippen molar-refractivity contribution in [2.75, 3.05) is 12.9 Å². The quantitative estimate of drug-likeness (QED) is 0.563. The fourth-order valence-corrected chi connectivity index (χ4v) is 3.54. The molecule has 3 rings (SSSR count). The molecular formula is C14H11Cl2N5O5S. The molecule has 142 valence electrons. The molecule has 0 unspecified atom stereocenters. The number of sulfone groups is 1. The van der Waals surface area contributed by atoms with Crippen molar-refractivity contribution in [3.05, 3.63) is 44.3 Å². The highest BCUT2D eigenvalue weighted by Gasteiger charge is 2.30. The van der Waals surface area contributed by atoms with Gasteiger partial charge in [-0.3, -0.25) is 0 Å². The number of carbonyl (C=O) groups is 1. The monoisotopic (exact) mass is 431 g/mol. The van der Waals surface area contributed by atoms with Crippen molar-refractivity contribution in [3.8, 4) is 5.69 Å². The smallest absolute Gasteiger partial charge is 0.373 e. The van der Waals surface area contributed by atoms with E-state index in [2.05, 4.69) is 15.4 Å². The van der Waals surface area contributed by atoms with Gasteiger partial charge in [0.1, 0.15) is 5.56 Å². The van der Waals surface area contributed by atoms with Gasteiger partial charge in [-0.15, -0.1) is 10.2 Å². The van der Waals surface area contributed by atoms with E-state index in [0.717, 1.165) is 10.9 Å². The third-order valence-electron chi connectivity index (χ3n) is 3.39. The molecule has 2 heterocycles. The zero-order valence-corrected chi connectivity index (χ0v) is 16.2. The average molecular weight is 432 g/mol. The first-order valence-corrected chi connectivity index (χ1v) is 10.0. The van der Waals surface area contributed by atoms with Crippen molar-refractivity contribution < 1.29 is 17.9 Å². The van der Waals surface area contributed by atoms with Gasteiger partial charge in [0.2, 0.25) is 5.65 Å². The van der Waals surface area contributed by atoms with Gasteiger partial charge in [-0.25, -0.2) is 18.0 Å². The summed E-state index contributed by atoms with van der Waals surface area (Å²) in [6.07, 6.45) is 0.847. The number of rotatable bonds is 4. The molecule has 0 fully saturated rings. The van der Waals surface area contributed by atoms with Gasteiger partial charge < -0.3 is 4.74 Å². The van der Waals surface area contributed by atoms with Crippen LogP contribution in [0.15, 0.2) is 28.0 Å². The van der Waals surface area contributed by atoms with Crippen LogP contribution in [0.5, 0.6) is 0 Å².